The molecule has 0 radical (unpaired) electrons. The number of carbonyl (C=O) groups is 1. The Morgan fingerprint density at radius 3 is 2.73 bits per heavy atom. The Balaban J connectivity index is 1.71. The third-order valence-electron chi connectivity index (χ3n) is 5.28. The van der Waals surface area contributed by atoms with Crippen LogP contribution in [0.5, 0.6) is 0 Å². The van der Waals surface area contributed by atoms with Crippen molar-refractivity contribution in [3.63, 3.8) is 0 Å². The monoisotopic (exact) mass is 356 g/mol. The van der Waals surface area contributed by atoms with Gasteiger partial charge in [0.1, 0.15) is 5.82 Å². The molecule has 1 aliphatic carbocycles. The molecule has 0 saturated heterocycles. The molecule has 1 aliphatic rings. The first-order valence-electron chi connectivity index (χ1n) is 9.84. The summed E-state index contributed by atoms with van der Waals surface area (Å²) in [5, 5.41) is 0. The quantitative estimate of drug-likeness (QED) is 0.686. The fraction of sp³-hybridized carbons (Fsp3) is 0.500. The van der Waals surface area contributed by atoms with Crippen molar-refractivity contribution >= 4 is 5.91 Å². The van der Waals surface area contributed by atoms with Crippen LogP contribution in [-0.4, -0.2) is 21.9 Å². The zero-order chi connectivity index (χ0) is 18.4. The molecule has 140 valence electrons. The first-order chi connectivity index (χ1) is 12.7. The van der Waals surface area contributed by atoms with Crippen LogP contribution in [0.4, 0.5) is 4.39 Å². The molecule has 0 atom stereocenters. The van der Waals surface area contributed by atoms with Gasteiger partial charge in [-0.05, 0) is 49.1 Å². The lowest BCUT2D eigenvalue weighted by Crippen LogP contribution is -2.37. The van der Waals surface area contributed by atoms with Crippen molar-refractivity contribution < 1.29 is 9.18 Å². The lowest BCUT2D eigenvalue weighted by Gasteiger charge is -2.29. The number of halogens is 1. The lowest BCUT2D eigenvalue weighted by atomic mass is 9.88. The third-order valence-corrected chi connectivity index (χ3v) is 5.28. The number of aromatic nitrogens is 1. The van der Waals surface area contributed by atoms with Crippen LogP contribution < -0.4 is 0 Å². The number of rotatable bonds is 7. The molecule has 1 saturated carbocycles. The lowest BCUT2D eigenvalue weighted by molar-refractivity contribution is -0.137. The summed E-state index contributed by atoms with van der Waals surface area (Å²) >= 11 is 0. The van der Waals surface area contributed by atoms with Gasteiger partial charge in [0, 0.05) is 30.9 Å². The molecule has 3 rings (SSSR count). The molecule has 1 fully saturated rings. The van der Waals surface area contributed by atoms with Gasteiger partial charge in [-0.1, -0.05) is 38.3 Å². The van der Waals surface area contributed by atoms with Crippen LogP contribution in [-0.2, 0) is 17.9 Å². The number of carbonyl (C=O) groups excluding carboxylic acids is 1. The highest BCUT2D eigenvalue weighted by Crippen LogP contribution is 2.26. The van der Waals surface area contributed by atoms with Crippen LogP contribution in [0.2, 0.25) is 0 Å². The minimum atomic E-state index is -0.212. The van der Waals surface area contributed by atoms with Crippen molar-refractivity contribution in [1.82, 2.24) is 9.47 Å². The average molecular weight is 356 g/mol. The number of amides is 1. The van der Waals surface area contributed by atoms with Crippen LogP contribution in [0.1, 0.15) is 56.7 Å². The topological polar surface area (TPSA) is 25.2 Å². The Bertz CT molecular complexity index is 718. The summed E-state index contributed by atoms with van der Waals surface area (Å²) in [5.41, 5.74) is 2.04. The first kappa shape index (κ1) is 18.7. The van der Waals surface area contributed by atoms with Crippen molar-refractivity contribution in [3.8, 4) is 0 Å². The van der Waals surface area contributed by atoms with Gasteiger partial charge in [-0.3, -0.25) is 4.79 Å². The Hall–Kier alpha value is -2.10. The molecular formula is C22H29FN2O. The molecule has 1 aromatic carbocycles. The highest BCUT2D eigenvalue weighted by molar-refractivity contribution is 5.78. The minimum absolute atomic E-state index is 0.196. The molecule has 0 bridgehead atoms. The summed E-state index contributed by atoms with van der Waals surface area (Å²) in [6.07, 6.45) is 8.64. The maximum atomic E-state index is 13.5. The zero-order valence-corrected chi connectivity index (χ0v) is 15.7. The number of hydrogen-bond acceptors (Lipinski definition) is 1. The van der Waals surface area contributed by atoms with Gasteiger partial charge in [0.15, 0.2) is 0 Å². The standard InChI is InChI=1S/C22H29FN2O/c1-2-13-25(22(26)19-9-4-3-5-10-19)17-21-12-7-14-24(21)16-18-8-6-11-20(23)15-18/h6-8,11-12,14-15,19H,2-5,9-10,13,16-17H2,1H3. The minimum Gasteiger partial charge on any atom is -0.345 e. The van der Waals surface area contributed by atoms with Gasteiger partial charge in [-0.25, -0.2) is 4.39 Å². The predicted octanol–water partition coefficient (Wildman–Crippen LogP) is 4.99. The second kappa shape index (κ2) is 9.02. The smallest absolute Gasteiger partial charge is 0.226 e. The molecule has 1 aromatic heterocycles. The molecule has 1 heterocycles. The van der Waals surface area contributed by atoms with Crippen LogP contribution in [0.25, 0.3) is 0 Å². The largest absolute Gasteiger partial charge is 0.345 e. The highest BCUT2D eigenvalue weighted by atomic mass is 19.1. The van der Waals surface area contributed by atoms with Crippen LogP contribution in [0, 0.1) is 11.7 Å². The van der Waals surface area contributed by atoms with E-state index in [2.05, 4.69) is 17.6 Å². The van der Waals surface area contributed by atoms with Gasteiger partial charge in [0.2, 0.25) is 5.91 Å². The third kappa shape index (κ3) is 4.75. The Kier molecular flexibility index (Phi) is 6.48. The summed E-state index contributed by atoms with van der Waals surface area (Å²) in [4.78, 5) is 15.0. The van der Waals surface area contributed by atoms with Gasteiger partial charge in [-0.2, -0.15) is 0 Å². The predicted molar refractivity (Wildman–Crippen MR) is 102 cm³/mol. The maximum Gasteiger partial charge on any atom is 0.226 e. The van der Waals surface area contributed by atoms with E-state index in [1.165, 1.54) is 25.3 Å². The van der Waals surface area contributed by atoms with Crippen molar-refractivity contribution in [2.45, 2.75) is 58.5 Å². The van der Waals surface area contributed by atoms with Gasteiger partial charge < -0.3 is 9.47 Å². The molecule has 4 heteroatoms. The van der Waals surface area contributed by atoms with Gasteiger partial charge in [0.25, 0.3) is 0 Å². The second-order valence-electron chi connectivity index (χ2n) is 7.35. The fourth-order valence-electron chi connectivity index (χ4n) is 3.92. The molecule has 3 nitrogen and oxygen atoms in total. The van der Waals surface area contributed by atoms with Gasteiger partial charge >= 0.3 is 0 Å². The van der Waals surface area contributed by atoms with E-state index < -0.39 is 0 Å². The summed E-state index contributed by atoms with van der Waals surface area (Å²) < 4.78 is 15.6. The Morgan fingerprint density at radius 2 is 2.00 bits per heavy atom. The van der Waals surface area contributed by atoms with Gasteiger partial charge in [0.05, 0.1) is 6.54 Å². The summed E-state index contributed by atoms with van der Waals surface area (Å²) in [5.74, 6) is 0.295. The van der Waals surface area contributed by atoms with E-state index >= 15 is 0 Å². The van der Waals surface area contributed by atoms with Gasteiger partial charge in [-0.15, -0.1) is 0 Å². The van der Waals surface area contributed by atoms with Crippen molar-refractivity contribution in [1.29, 1.82) is 0 Å². The van der Waals surface area contributed by atoms with Crippen LogP contribution >= 0.6 is 0 Å². The Morgan fingerprint density at radius 1 is 1.19 bits per heavy atom. The van der Waals surface area contributed by atoms with E-state index in [1.54, 1.807) is 12.1 Å². The van der Waals surface area contributed by atoms with E-state index in [0.717, 1.165) is 37.1 Å². The van der Waals surface area contributed by atoms with Crippen LogP contribution in [0.15, 0.2) is 42.6 Å². The number of nitrogens with zero attached hydrogens (tertiary/aromatic N) is 2. The van der Waals surface area contributed by atoms with E-state index in [9.17, 15) is 9.18 Å². The van der Waals surface area contributed by atoms with E-state index in [0.29, 0.717) is 19.0 Å². The summed E-state index contributed by atoms with van der Waals surface area (Å²) in [6, 6.07) is 10.8. The molecule has 1 amide bonds. The molecule has 0 spiro atoms. The van der Waals surface area contributed by atoms with E-state index in [-0.39, 0.29) is 11.7 Å². The van der Waals surface area contributed by atoms with E-state index in [4.69, 9.17) is 0 Å². The van der Waals surface area contributed by atoms with Crippen molar-refractivity contribution in [2.24, 2.45) is 5.92 Å². The number of hydrogen-bond donors (Lipinski definition) is 0. The average Bonchev–Trinajstić information content (AvgIpc) is 3.08. The SMILES string of the molecule is CCCN(Cc1cccn1Cc1cccc(F)c1)C(=O)C1CCCCC1. The summed E-state index contributed by atoms with van der Waals surface area (Å²) in [7, 11) is 0. The second-order valence-corrected chi connectivity index (χ2v) is 7.35. The fourth-order valence-corrected chi connectivity index (χ4v) is 3.92. The molecule has 0 unspecified atom stereocenters. The molecule has 0 N–H and O–H groups in total. The normalized spacial score (nSPS) is 15.2. The first-order valence-corrected chi connectivity index (χ1v) is 9.84. The number of benzene rings is 1. The Labute approximate surface area is 155 Å². The molecule has 2 aromatic rings. The van der Waals surface area contributed by atoms with Crippen molar-refractivity contribution in [2.75, 3.05) is 6.54 Å². The van der Waals surface area contributed by atoms with Crippen LogP contribution in [0.3, 0.4) is 0 Å². The molecule has 0 aliphatic heterocycles. The summed E-state index contributed by atoms with van der Waals surface area (Å²) in [6.45, 7) is 4.16. The molecule has 26 heavy (non-hydrogen) atoms. The highest BCUT2D eigenvalue weighted by Gasteiger charge is 2.26. The molecular weight excluding hydrogens is 327 g/mol. The van der Waals surface area contributed by atoms with Crippen molar-refractivity contribution in [3.05, 3.63) is 59.7 Å². The van der Waals surface area contributed by atoms with E-state index in [1.807, 2.05) is 23.2 Å². The maximum absolute atomic E-state index is 13.5. The zero-order valence-electron chi connectivity index (χ0n) is 15.7.